The van der Waals surface area contributed by atoms with Gasteiger partial charge in [-0.15, -0.1) is 0 Å². The smallest absolute Gasteiger partial charge is 0.133 e. The summed E-state index contributed by atoms with van der Waals surface area (Å²) in [7, 11) is 0. The summed E-state index contributed by atoms with van der Waals surface area (Å²) in [6, 6.07) is 2.23. The van der Waals surface area contributed by atoms with Crippen molar-refractivity contribution in [3.63, 3.8) is 0 Å². The summed E-state index contributed by atoms with van der Waals surface area (Å²) in [5, 5.41) is 0. The SMILES string of the molecule is Cc1ccc(F)c(C(CCCC2CCCO2)NN)c1F. The first kappa shape index (κ1) is 15.4. The summed E-state index contributed by atoms with van der Waals surface area (Å²) < 4.78 is 33.4. The average molecular weight is 284 g/mol. The first-order chi connectivity index (χ1) is 9.63. The third-order valence-corrected chi connectivity index (χ3v) is 3.91. The summed E-state index contributed by atoms with van der Waals surface area (Å²) in [5.74, 6) is 4.42. The van der Waals surface area contributed by atoms with Gasteiger partial charge in [0.05, 0.1) is 12.1 Å². The van der Waals surface area contributed by atoms with E-state index in [1.54, 1.807) is 6.92 Å². The predicted molar refractivity (Wildman–Crippen MR) is 74.0 cm³/mol. The highest BCUT2D eigenvalue weighted by Crippen LogP contribution is 2.27. The zero-order valence-corrected chi connectivity index (χ0v) is 11.8. The highest BCUT2D eigenvalue weighted by Gasteiger charge is 2.21. The van der Waals surface area contributed by atoms with Crippen LogP contribution in [0.2, 0.25) is 0 Å². The van der Waals surface area contributed by atoms with Gasteiger partial charge in [0.15, 0.2) is 0 Å². The molecule has 0 aliphatic carbocycles. The van der Waals surface area contributed by atoms with Gasteiger partial charge in [-0.05, 0) is 50.7 Å². The molecule has 2 atom stereocenters. The second-order valence-corrected chi connectivity index (χ2v) is 5.38. The van der Waals surface area contributed by atoms with Crippen LogP contribution >= 0.6 is 0 Å². The van der Waals surface area contributed by atoms with Gasteiger partial charge in [0.2, 0.25) is 0 Å². The van der Waals surface area contributed by atoms with E-state index in [2.05, 4.69) is 5.43 Å². The number of aryl methyl sites for hydroxylation is 1. The lowest BCUT2D eigenvalue weighted by Crippen LogP contribution is -2.30. The van der Waals surface area contributed by atoms with Crippen molar-refractivity contribution in [2.75, 3.05) is 6.61 Å². The number of benzene rings is 1. The third kappa shape index (κ3) is 3.53. The van der Waals surface area contributed by atoms with Crippen LogP contribution in [0.15, 0.2) is 12.1 Å². The summed E-state index contributed by atoms with van der Waals surface area (Å²) in [5.41, 5.74) is 3.00. The molecule has 1 saturated heterocycles. The van der Waals surface area contributed by atoms with Crippen LogP contribution in [0.3, 0.4) is 0 Å². The fourth-order valence-electron chi connectivity index (χ4n) is 2.73. The average Bonchev–Trinajstić information content (AvgIpc) is 2.94. The molecule has 5 heteroatoms. The largest absolute Gasteiger partial charge is 0.378 e. The third-order valence-electron chi connectivity index (χ3n) is 3.91. The Morgan fingerprint density at radius 2 is 2.25 bits per heavy atom. The van der Waals surface area contributed by atoms with E-state index in [0.29, 0.717) is 18.1 Å². The molecule has 0 radical (unpaired) electrons. The minimum Gasteiger partial charge on any atom is -0.378 e. The Hall–Kier alpha value is -1.04. The van der Waals surface area contributed by atoms with Crippen LogP contribution in [0.4, 0.5) is 8.78 Å². The van der Waals surface area contributed by atoms with E-state index < -0.39 is 17.7 Å². The molecule has 3 nitrogen and oxygen atoms in total. The highest BCUT2D eigenvalue weighted by molar-refractivity contribution is 5.29. The minimum atomic E-state index is -0.548. The molecule has 1 aromatic carbocycles. The van der Waals surface area contributed by atoms with E-state index in [1.165, 1.54) is 12.1 Å². The van der Waals surface area contributed by atoms with Crippen LogP contribution in [-0.2, 0) is 4.74 Å². The van der Waals surface area contributed by atoms with Gasteiger partial charge in [0.25, 0.3) is 0 Å². The molecule has 0 amide bonds. The van der Waals surface area contributed by atoms with Crippen molar-refractivity contribution < 1.29 is 13.5 Å². The lowest BCUT2D eigenvalue weighted by Gasteiger charge is -2.19. The monoisotopic (exact) mass is 284 g/mol. The van der Waals surface area contributed by atoms with Crippen molar-refractivity contribution in [2.24, 2.45) is 5.84 Å². The molecule has 2 rings (SSSR count). The Kier molecular flexibility index (Phi) is 5.46. The maximum Gasteiger partial charge on any atom is 0.133 e. The number of ether oxygens (including phenoxy) is 1. The Bertz CT molecular complexity index is 448. The minimum absolute atomic E-state index is 0.0415. The highest BCUT2D eigenvalue weighted by atomic mass is 19.1. The Labute approximate surface area is 118 Å². The molecule has 1 heterocycles. The Morgan fingerprint density at radius 3 is 2.90 bits per heavy atom. The van der Waals surface area contributed by atoms with Crippen molar-refractivity contribution in [2.45, 2.75) is 51.2 Å². The fraction of sp³-hybridized carbons (Fsp3) is 0.600. The van der Waals surface area contributed by atoms with Crippen LogP contribution in [0, 0.1) is 18.6 Å². The van der Waals surface area contributed by atoms with Crippen LogP contribution in [-0.4, -0.2) is 12.7 Å². The molecule has 112 valence electrons. The molecule has 1 aromatic rings. The normalized spacial score (nSPS) is 20.3. The molecule has 1 fully saturated rings. The standard InChI is InChI=1S/C15H22F2N2O/c1-10-7-8-12(16)14(15(10)17)13(19-18)6-2-4-11-5-3-9-20-11/h7-8,11,13,19H,2-6,9,18H2,1H3. The molecule has 20 heavy (non-hydrogen) atoms. The second-order valence-electron chi connectivity index (χ2n) is 5.38. The van der Waals surface area contributed by atoms with Crippen LogP contribution in [0.1, 0.15) is 49.3 Å². The first-order valence-electron chi connectivity index (χ1n) is 7.15. The lowest BCUT2D eigenvalue weighted by atomic mass is 9.97. The molecule has 0 aromatic heterocycles. The molecule has 0 saturated carbocycles. The summed E-state index contributed by atoms with van der Waals surface area (Å²) >= 11 is 0. The van der Waals surface area contributed by atoms with E-state index in [-0.39, 0.29) is 5.56 Å². The second kappa shape index (κ2) is 7.11. The van der Waals surface area contributed by atoms with Crippen LogP contribution in [0.25, 0.3) is 0 Å². The summed E-state index contributed by atoms with van der Waals surface area (Å²) in [4.78, 5) is 0. The number of nitrogens with one attached hydrogen (secondary N) is 1. The zero-order valence-electron chi connectivity index (χ0n) is 11.8. The van der Waals surface area contributed by atoms with Crippen molar-refractivity contribution in [1.29, 1.82) is 0 Å². The van der Waals surface area contributed by atoms with Gasteiger partial charge in [-0.3, -0.25) is 11.3 Å². The van der Waals surface area contributed by atoms with Gasteiger partial charge >= 0.3 is 0 Å². The van der Waals surface area contributed by atoms with E-state index in [1.807, 2.05) is 0 Å². The van der Waals surface area contributed by atoms with E-state index in [4.69, 9.17) is 10.6 Å². The van der Waals surface area contributed by atoms with Crippen molar-refractivity contribution in [1.82, 2.24) is 5.43 Å². The number of rotatable bonds is 6. The molecular weight excluding hydrogens is 262 g/mol. The van der Waals surface area contributed by atoms with Crippen molar-refractivity contribution in [3.8, 4) is 0 Å². The van der Waals surface area contributed by atoms with Gasteiger partial charge in [0.1, 0.15) is 11.6 Å². The van der Waals surface area contributed by atoms with Gasteiger partial charge in [0, 0.05) is 12.2 Å². The molecule has 0 spiro atoms. The Morgan fingerprint density at radius 1 is 1.45 bits per heavy atom. The number of hydrogen-bond acceptors (Lipinski definition) is 3. The van der Waals surface area contributed by atoms with E-state index in [0.717, 1.165) is 32.3 Å². The quantitative estimate of drug-likeness (QED) is 0.623. The number of hydrazine groups is 1. The summed E-state index contributed by atoms with van der Waals surface area (Å²) in [6.45, 7) is 2.45. The number of halogens is 2. The molecule has 1 aliphatic heterocycles. The fourth-order valence-corrected chi connectivity index (χ4v) is 2.73. The molecular formula is C15H22F2N2O. The van der Waals surface area contributed by atoms with E-state index >= 15 is 0 Å². The van der Waals surface area contributed by atoms with Crippen molar-refractivity contribution >= 4 is 0 Å². The van der Waals surface area contributed by atoms with Crippen molar-refractivity contribution in [3.05, 3.63) is 34.9 Å². The number of nitrogens with two attached hydrogens (primary N) is 1. The summed E-state index contributed by atoms with van der Waals surface area (Å²) in [6.07, 6.45) is 4.80. The maximum atomic E-state index is 14.1. The predicted octanol–water partition coefficient (Wildman–Crippen LogP) is 3.13. The maximum absolute atomic E-state index is 14.1. The lowest BCUT2D eigenvalue weighted by molar-refractivity contribution is 0.101. The van der Waals surface area contributed by atoms with Gasteiger partial charge < -0.3 is 4.74 Å². The Balaban J connectivity index is 1.98. The van der Waals surface area contributed by atoms with Gasteiger partial charge in [-0.25, -0.2) is 8.78 Å². The first-order valence-corrected chi connectivity index (χ1v) is 7.15. The van der Waals surface area contributed by atoms with Crippen LogP contribution < -0.4 is 11.3 Å². The van der Waals surface area contributed by atoms with E-state index in [9.17, 15) is 8.78 Å². The molecule has 3 N–H and O–H groups in total. The topological polar surface area (TPSA) is 47.3 Å². The molecule has 0 bridgehead atoms. The number of hydrogen-bond donors (Lipinski definition) is 2. The molecule has 2 unspecified atom stereocenters. The molecule has 1 aliphatic rings. The van der Waals surface area contributed by atoms with Crippen LogP contribution in [0.5, 0.6) is 0 Å². The van der Waals surface area contributed by atoms with Gasteiger partial charge in [-0.2, -0.15) is 0 Å². The van der Waals surface area contributed by atoms with Gasteiger partial charge in [-0.1, -0.05) is 6.07 Å². The zero-order chi connectivity index (χ0) is 14.5.